The van der Waals surface area contributed by atoms with E-state index in [1.54, 1.807) is 0 Å². The van der Waals surface area contributed by atoms with E-state index < -0.39 is 0 Å². The first-order valence-corrected chi connectivity index (χ1v) is 4.56. The van der Waals surface area contributed by atoms with E-state index in [9.17, 15) is 9.59 Å². The van der Waals surface area contributed by atoms with Gasteiger partial charge in [-0.3, -0.25) is 9.59 Å². The molecule has 0 heterocycles. The van der Waals surface area contributed by atoms with Gasteiger partial charge in [0.1, 0.15) is 5.78 Å². The van der Waals surface area contributed by atoms with Crippen LogP contribution >= 0.6 is 0 Å². The molecule has 0 radical (unpaired) electrons. The zero-order valence-corrected chi connectivity index (χ0v) is 7.43. The molecule has 0 bridgehead atoms. The monoisotopic (exact) mass is 169 g/mol. The molecule has 0 aromatic rings. The van der Waals surface area contributed by atoms with Crippen LogP contribution < -0.4 is 5.32 Å². The fourth-order valence-corrected chi connectivity index (χ4v) is 1.56. The number of hydrogen-bond donors (Lipinski definition) is 1. The number of nitrogens with one attached hydrogen (secondary N) is 1. The van der Waals surface area contributed by atoms with Crippen LogP contribution in [0.2, 0.25) is 0 Å². The van der Waals surface area contributed by atoms with Crippen LogP contribution in [-0.4, -0.2) is 18.2 Å². The number of Topliss-reactive ketones (excluding diaryl/α,β-unsaturated/α-hetero) is 1. The van der Waals surface area contributed by atoms with Crippen LogP contribution in [0.15, 0.2) is 0 Å². The number of carbonyl (C=O) groups is 2. The normalized spacial score (nSPS) is 23.8. The lowest BCUT2D eigenvalue weighted by molar-refractivity contribution is -0.135. The van der Waals surface area contributed by atoms with Gasteiger partial charge in [0, 0.05) is 13.0 Å². The zero-order valence-electron chi connectivity index (χ0n) is 7.43. The molecule has 3 heteroatoms. The van der Waals surface area contributed by atoms with E-state index in [1.807, 2.05) is 6.92 Å². The van der Waals surface area contributed by atoms with Crippen molar-refractivity contribution in [1.82, 2.24) is 5.32 Å². The van der Waals surface area contributed by atoms with Crippen molar-refractivity contribution < 1.29 is 9.59 Å². The maximum absolute atomic E-state index is 11.3. The van der Waals surface area contributed by atoms with E-state index in [1.165, 1.54) is 0 Å². The average molecular weight is 169 g/mol. The minimum atomic E-state index is -0.348. The third-order valence-electron chi connectivity index (χ3n) is 2.22. The molecule has 1 atom stereocenters. The fraction of sp³-hybridized carbons (Fsp3) is 0.778. The highest BCUT2D eigenvalue weighted by atomic mass is 16.2. The number of carbonyl (C=O) groups excluding carboxylic acids is 2. The van der Waals surface area contributed by atoms with Gasteiger partial charge in [-0.15, -0.1) is 0 Å². The predicted molar refractivity (Wildman–Crippen MR) is 45.6 cm³/mol. The van der Waals surface area contributed by atoms with E-state index in [-0.39, 0.29) is 17.6 Å². The summed E-state index contributed by atoms with van der Waals surface area (Å²) in [6, 6.07) is 0. The molecule has 1 unspecified atom stereocenters. The van der Waals surface area contributed by atoms with Crippen molar-refractivity contribution in [3.05, 3.63) is 0 Å². The lowest BCUT2D eigenvalue weighted by Crippen LogP contribution is -2.36. The number of rotatable bonds is 2. The van der Waals surface area contributed by atoms with Crippen molar-refractivity contribution in [2.45, 2.75) is 32.6 Å². The first-order valence-electron chi connectivity index (χ1n) is 4.56. The quantitative estimate of drug-likeness (QED) is 0.624. The Bertz CT molecular complexity index is 189. The summed E-state index contributed by atoms with van der Waals surface area (Å²) in [5.74, 6) is -0.312. The van der Waals surface area contributed by atoms with E-state index in [2.05, 4.69) is 5.32 Å². The zero-order chi connectivity index (χ0) is 8.97. The van der Waals surface area contributed by atoms with E-state index in [4.69, 9.17) is 0 Å². The first-order chi connectivity index (χ1) is 5.75. The SMILES string of the molecule is CCNC(=O)C1CCCCC1=O. The molecule has 12 heavy (non-hydrogen) atoms. The first kappa shape index (κ1) is 9.23. The van der Waals surface area contributed by atoms with Gasteiger partial charge in [-0.25, -0.2) is 0 Å². The van der Waals surface area contributed by atoms with Crippen LogP contribution in [0.5, 0.6) is 0 Å². The standard InChI is InChI=1S/C9H15NO2/c1-2-10-9(12)7-5-3-4-6-8(7)11/h7H,2-6H2,1H3,(H,10,12). The second-order valence-corrected chi connectivity index (χ2v) is 3.16. The van der Waals surface area contributed by atoms with Crippen LogP contribution in [0.3, 0.4) is 0 Å². The van der Waals surface area contributed by atoms with Gasteiger partial charge in [-0.1, -0.05) is 6.42 Å². The van der Waals surface area contributed by atoms with Gasteiger partial charge in [-0.05, 0) is 19.8 Å². The van der Waals surface area contributed by atoms with Crippen molar-refractivity contribution in [3.63, 3.8) is 0 Å². The van der Waals surface area contributed by atoms with Gasteiger partial charge in [0.05, 0.1) is 5.92 Å². The third-order valence-corrected chi connectivity index (χ3v) is 2.22. The molecule has 1 aliphatic rings. The molecule has 3 nitrogen and oxygen atoms in total. The summed E-state index contributed by atoms with van der Waals surface area (Å²) in [5, 5.41) is 2.69. The Morgan fingerprint density at radius 2 is 2.33 bits per heavy atom. The minimum absolute atomic E-state index is 0.0813. The molecule has 0 spiro atoms. The summed E-state index contributed by atoms with van der Waals surface area (Å²) in [6.07, 6.45) is 3.29. The molecule has 1 aliphatic carbocycles. The molecule has 1 saturated carbocycles. The van der Waals surface area contributed by atoms with Crippen molar-refractivity contribution in [2.75, 3.05) is 6.54 Å². The molecule has 1 N–H and O–H groups in total. The number of amides is 1. The average Bonchev–Trinajstić information content (AvgIpc) is 2.05. The number of hydrogen-bond acceptors (Lipinski definition) is 2. The Labute approximate surface area is 72.5 Å². The van der Waals surface area contributed by atoms with Crippen molar-refractivity contribution >= 4 is 11.7 Å². The van der Waals surface area contributed by atoms with Crippen molar-refractivity contribution in [3.8, 4) is 0 Å². The summed E-state index contributed by atoms with van der Waals surface area (Å²) >= 11 is 0. The summed E-state index contributed by atoms with van der Waals surface area (Å²) in [6.45, 7) is 2.48. The largest absolute Gasteiger partial charge is 0.356 e. The molecular formula is C9H15NO2. The van der Waals surface area contributed by atoms with Gasteiger partial charge in [0.25, 0.3) is 0 Å². The van der Waals surface area contributed by atoms with E-state index in [0.29, 0.717) is 13.0 Å². The third kappa shape index (κ3) is 2.06. The lowest BCUT2D eigenvalue weighted by atomic mass is 9.87. The molecule has 1 amide bonds. The van der Waals surface area contributed by atoms with Crippen LogP contribution in [0, 0.1) is 5.92 Å². The molecule has 0 aliphatic heterocycles. The maximum Gasteiger partial charge on any atom is 0.230 e. The summed E-state index contributed by atoms with van der Waals surface area (Å²) in [4.78, 5) is 22.5. The lowest BCUT2D eigenvalue weighted by Gasteiger charge is -2.18. The summed E-state index contributed by atoms with van der Waals surface area (Å²) in [5.41, 5.74) is 0. The molecule has 1 fully saturated rings. The van der Waals surface area contributed by atoms with Crippen LogP contribution in [0.25, 0.3) is 0 Å². The Balaban J connectivity index is 2.48. The van der Waals surface area contributed by atoms with Gasteiger partial charge in [0.2, 0.25) is 5.91 Å². The van der Waals surface area contributed by atoms with Crippen LogP contribution in [0.4, 0.5) is 0 Å². The van der Waals surface area contributed by atoms with Crippen LogP contribution in [0.1, 0.15) is 32.6 Å². The molecule has 0 aromatic carbocycles. The highest BCUT2D eigenvalue weighted by Crippen LogP contribution is 2.20. The van der Waals surface area contributed by atoms with Gasteiger partial charge < -0.3 is 5.32 Å². The molecule has 1 rings (SSSR count). The summed E-state index contributed by atoms with van der Waals surface area (Å²) in [7, 11) is 0. The predicted octanol–water partition coefficient (Wildman–Crippen LogP) is 0.882. The summed E-state index contributed by atoms with van der Waals surface area (Å²) < 4.78 is 0. The fourth-order valence-electron chi connectivity index (χ4n) is 1.56. The van der Waals surface area contributed by atoms with E-state index >= 15 is 0 Å². The Morgan fingerprint density at radius 1 is 1.58 bits per heavy atom. The maximum atomic E-state index is 11.3. The van der Waals surface area contributed by atoms with Gasteiger partial charge in [-0.2, -0.15) is 0 Å². The smallest absolute Gasteiger partial charge is 0.230 e. The highest BCUT2D eigenvalue weighted by molar-refractivity contribution is 6.01. The van der Waals surface area contributed by atoms with Gasteiger partial charge >= 0.3 is 0 Å². The Kier molecular flexibility index (Phi) is 3.26. The van der Waals surface area contributed by atoms with E-state index in [0.717, 1.165) is 19.3 Å². The van der Waals surface area contributed by atoms with Crippen molar-refractivity contribution in [2.24, 2.45) is 5.92 Å². The Morgan fingerprint density at radius 3 is 2.92 bits per heavy atom. The van der Waals surface area contributed by atoms with Crippen LogP contribution in [-0.2, 0) is 9.59 Å². The van der Waals surface area contributed by atoms with Gasteiger partial charge in [0.15, 0.2) is 0 Å². The molecule has 68 valence electrons. The molecule has 0 saturated heterocycles. The molecular weight excluding hydrogens is 154 g/mol. The highest BCUT2D eigenvalue weighted by Gasteiger charge is 2.27. The second-order valence-electron chi connectivity index (χ2n) is 3.16. The second kappa shape index (κ2) is 4.24. The topological polar surface area (TPSA) is 46.2 Å². The minimum Gasteiger partial charge on any atom is -0.356 e. The Hall–Kier alpha value is -0.860. The van der Waals surface area contributed by atoms with Crippen molar-refractivity contribution in [1.29, 1.82) is 0 Å². The number of ketones is 1. The molecule has 0 aromatic heterocycles.